The second-order valence-corrected chi connectivity index (χ2v) is 9.06. The maximum absolute atomic E-state index is 12.7. The van der Waals surface area contributed by atoms with E-state index in [0.29, 0.717) is 0 Å². The standard InChI is InChI=1S/C23H23N5OS/c1-15-10-11-20(30-15)23(29)26-16-6-4-7-17(14-16)28-21-19(9-5-13-25-21)27-22(28)18-8-2-3-12-24-18/h2-3,5,8-13,16-17H,4,6-7,14H2,1H3,(H,26,29)/t16-,17+/m1/s1. The van der Waals surface area contributed by atoms with E-state index in [9.17, 15) is 4.79 Å². The quantitative estimate of drug-likeness (QED) is 0.519. The maximum atomic E-state index is 12.7. The molecule has 0 aliphatic heterocycles. The average Bonchev–Trinajstić information content (AvgIpc) is 3.38. The number of thiophene rings is 1. The summed E-state index contributed by atoms with van der Waals surface area (Å²) < 4.78 is 2.23. The Labute approximate surface area is 179 Å². The van der Waals surface area contributed by atoms with Crippen LogP contribution in [0.15, 0.2) is 54.9 Å². The molecule has 1 aliphatic rings. The normalized spacial score (nSPS) is 19.1. The van der Waals surface area contributed by atoms with E-state index in [2.05, 4.69) is 19.9 Å². The smallest absolute Gasteiger partial charge is 0.261 e. The molecular weight excluding hydrogens is 394 g/mol. The lowest BCUT2D eigenvalue weighted by atomic mass is 9.90. The van der Waals surface area contributed by atoms with Gasteiger partial charge < -0.3 is 9.88 Å². The summed E-state index contributed by atoms with van der Waals surface area (Å²) in [5.41, 5.74) is 2.60. The van der Waals surface area contributed by atoms with Crippen LogP contribution in [0.3, 0.4) is 0 Å². The second-order valence-electron chi connectivity index (χ2n) is 7.77. The largest absolute Gasteiger partial charge is 0.349 e. The number of fused-ring (bicyclic) bond motifs is 1. The molecule has 2 atom stereocenters. The summed E-state index contributed by atoms with van der Waals surface area (Å²) in [7, 11) is 0. The van der Waals surface area contributed by atoms with Crippen LogP contribution in [-0.4, -0.2) is 31.5 Å². The number of carbonyl (C=O) groups is 1. The van der Waals surface area contributed by atoms with Gasteiger partial charge in [0.1, 0.15) is 11.2 Å². The van der Waals surface area contributed by atoms with Gasteiger partial charge in [-0.25, -0.2) is 9.97 Å². The number of nitrogens with zero attached hydrogens (tertiary/aromatic N) is 4. The fourth-order valence-electron chi connectivity index (χ4n) is 4.29. The molecule has 0 saturated heterocycles. The summed E-state index contributed by atoms with van der Waals surface area (Å²) in [5, 5.41) is 3.25. The zero-order valence-electron chi connectivity index (χ0n) is 16.8. The van der Waals surface area contributed by atoms with Gasteiger partial charge in [-0.1, -0.05) is 6.07 Å². The van der Waals surface area contributed by atoms with Crippen molar-refractivity contribution in [3.8, 4) is 11.5 Å². The highest BCUT2D eigenvalue weighted by Crippen LogP contribution is 2.35. The van der Waals surface area contributed by atoms with E-state index >= 15 is 0 Å². The van der Waals surface area contributed by atoms with E-state index in [1.165, 1.54) is 11.3 Å². The third-order valence-corrected chi connectivity index (χ3v) is 6.65. The molecule has 0 unspecified atom stereocenters. The summed E-state index contributed by atoms with van der Waals surface area (Å²) in [5.74, 6) is 0.868. The predicted molar refractivity (Wildman–Crippen MR) is 119 cm³/mol. The van der Waals surface area contributed by atoms with Crippen molar-refractivity contribution in [1.29, 1.82) is 0 Å². The molecule has 30 heavy (non-hydrogen) atoms. The molecule has 4 aromatic rings. The first kappa shape index (κ1) is 18.9. The Bertz CT molecular complexity index is 1180. The van der Waals surface area contributed by atoms with E-state index in [1.54, 1.807) is 6.20 Å². The van der Waals surface area contributed by atoms with Gasteiger partial charge in [-0.15, -0.1) is 11.3 Å². The molecule has 1 aliphatic carbocycles. The van der Waals surface area contributed by atoms with Crippen LogP contribution in [0.1, 0.15) is 46.3 Å². The molecule has 4 heterocycles. The Kier molecular flexibility index (Phi) is 5.04. The predicted octanol–water partition coefficient (Wildman–Crippen LogP) is 4.78. The van der Waals surface area contributed by atoms with Crippen LogP contribution in [0.5, 0.6) is 0 Å². The number of rotatable bonds is 4. The highest BCUT2D eigenvalue weighted by Gasteiger charge is 2.29. The molecule has 1 N–H and O–H groups in total. The third-order valence-electron chi connectivity index (χ3n) is 5.65. The number of imidazole rings is 1. The summed E-state index contributed by atoms with van der Waals surface area (Å²) >= 11 is 1.54. The van der Waals surface area contributed by atoms with Crippen LogP contribution in [-0.2, 0) is 0 Å². The first-order valence-corrected chi connectivity index (χ1v) is 11.1. The van der Waals surface area contributed by atoms with Crippen molar-refractivity contribution < 1.29 is 4.79 Å². The van der Waals surface area contributed by atoms with E-state index in [4.69, 9.17) is 4.98 Å². The molecule has 5 rings (SSSR count). The number of aromatic nitrogens is 4. The van der Waals surface area contributed by atoms with Crippen LogP contribution >= 0.6 is 11.3 Å². The molecule has 0 aromatic carbocycles. The Morgan fingerprint density at radius 3 is 2.80 bits per heavy atom. The van der Waals surface area contributed by atoms with Crippen LogP contribution < -0.4 is 5.32 Å². The molecule has 0 spiro atoms. The van der Waals surface area contributed by atoms with Gasteiger partial charge in [-0.05, 0) is 69.0 Å². The lowest BCUT2D eigenvalue weighted by Crippen LogP contribution is -2.38. The first-order valence-electron chi connectivity index (χ1n) is 10.3. The van der Waals surface area contributed by atoms with Crippen molar-refractivity contribution in [2.45, 2.75) is 44.7 Å². The lowest BCUT2D eigenvalue weighted by molar-refractivity contribution is 0.0925. The van der Waals surface area contributed by atoms with Gasteiger partial charge in [0.15, 0.2) is 11.5 Å². The highest BCUT2D eigenvalue weighted by molar-refractivity contribution is 7.13. The number of amides is 1. The Morgan fingerprint density at radius 2 is 2.00 bits per heavy atom. The zero-order valence-corrected chi connectivity index (χ0v) is 17.6. The molecule has 1 fully saturated rings. The van der Waals surface area contributed by atoms with E-state index in [-0.39, 0.29) is 18.0 Å². The van der Waals surface area contributed by atoms with Crippen molar-refractivity contribution in [3.63, 3.8) is 0 Å². The van der Waals surface area contributed by atoms with Gasteiger partial charge in [-0.2, -0.15) is 0 Å². The van der Waals surface area contributed by atoms with E-state index in [1.807, 2.05) is 55.6 Å². The lowest BCUT2D eigenvalue weighted by Gasteiger charge is -2.31. The van der Waals surface area contributed by atoms with Crippen molar-refractivity contribution in [2.75, 3.05) is 0 Å². The van der Waals surface area contributed by atoms with Crippen LogP contribution in [0, 0.1) is 6.92 Å². The highest BCUT2D eigenvalue weighted by atomic mass is 32.1. The van der Waals surface area contributed by atoms with Crippen LogP contribution in [0.2, 0.25) is 0 Å². The van der Waals surface area contributed by atoms with Crippen LogP contribution in [0.4, 0.5) is 0 Å². The summed E-state index contributed by atoms with van der Waals surface area (Å²) in [6, 6.07) is 14.0. The molecule has 152 valence electrons. The first-order chi connectivity index (χ1) is 14.7. The zero-order chi connectivity index (χ0) is 20.5. The number of aryl methyl sites for hydroxylation is 1. The van der Waals surface area contributed by atoms with Gasteiger partial charge in [0.2, 0.25) is 0 Å². The molecule has 4 aromatic heterocycles. The minimum Gasteiger partial charge on any atom is -0.349 e. The molecular formula is C23H23N5OS. The Morgan fingerprint density at radius 1 is 1.10 bits per heavy atom. The van der Waals surface area contributed by atoms with Gasteiger partial charge in [0.25, 0.3) is 5.91 Å². The van der Waals surface area contributed by atoms with E-state index < -0.39 is 0 Å². The van der Waals surface area contributed by atoms with Gasteiger partial charge in [-0.3, -0.25) is 9.78 Å². The second kappa shape index (κ2) is 7.99. The third kappa shape index (κ3) is 3.61. The molecule has 0 bridgehead atoms. The molecule has 7 heteroatoms. The number of pyridine rings is 2. The summed E-state index contributed by atoms with van der Waals surface area (Å²) in [6.45, 7) is 2.02. The van der Waals surface area contributed by atoms with Gasteiger partial charge in [0.05, 0.1) is 4.88 Å². The number of nitrogens with one attached hydrogen (secondary N) is 1. The fourth-order valence-corrected chi connectivity index (χ4v) is 5.06. The van der Waals surface area contributed by atoms with Crippen molar-refractivity contribution in [2.24, 2.45) is 0 Å². The van der Waals surface area contributed by atoms with Crippen molar-refractivity contribution in [3.05, 3.63) is 64.6 Å². The van der Waals surface area contributed by atoms with Crippen molar-refractivity contribution in [1.82, 2.24) is 24.8 Å². The molecule has 1 amide bonds. The fraction of sp³-hybridized carbons (Fsp3) is 0.304. The number of hydrogen-bond acceptors (Lipinski definition) is 5. The SMILES string of the molecule is Cc1ccc(C(=O)N[C@@H]2CCC[C@H](n3c(-c4ccccn4)nc4cccnc43)C2)s1. The molecule has 0 radical (unpaired) electrons. The molecule has 1 saturated carbocycles. The minimum atomic E-state index is 0.0253. The minimum absolute atomic E-state index is 0.0253. The Hall–Kier alpha value is -3.06. The number of hydrogen-bond donors (Lipinski definition) is 1. The van der Waals surface area contributed by atoms with Gasteiger partial charge in [0, 0.05) is 29.4 Å². The summed E-state index contributed by atoms with van der Waals surface area (Å²) in [4.78, 5) is 28.6. The van der Waals surface area contributed by atoms with Crippen molar-refractivity contribution >= 4 is 28.4 Å². The Balaban J connectivity index is 1.45. The van der Waals surface area contributed by atoms with Crippen LogP contribution in [0.25, 0.3) is 22.7 Å². The summed E-state index contributed by atoms with van der Waals surface area (Å²) in [6.07, 6.45) is 7.53. The van der Waals surface area contributed by atoms with Gasteiger partial charge >= 0.3 is 0 Å². The maximum Gasteiger partial charge on any atom is 0.261 e. The van der Waals surface area contributed by atoms with E-state index in [0.717, 1.165) is 58.1 Å². The molecule has 6 nitrogen and oxygen atoms in total. The topological polar surface area (TPSA) is 72.7 Å². The average molecular weight is 418 g/mol. The number of carbonyl (C=O) groups excluding carboxylic acids is 1. The monoisotopic (exact) mass is 417 g/mol.